The van der Waals surface area contributed by atoms with Gasteiger partial charge in [-0.1, -0.05) is 6.92 Å². The number of hydrogen-bond donors (Lipinski definition) is 1. The van der Waals surface area contributed by atoms with Gasteiger partial charge in [-0.15, -0.1) is 0 Å². The molecule has 1 aliphatic rings. The normalized spacial score (nSPS) is 15.8. The maximum Gasteiger partial charge on any atom is 0.0494 e. The van der Waals surface area contributed by atoms with Gasteiger partial charge >= 0.3 is 0 Å². The van der Waals surface area contributed by atoms with Gasteiger partial charge in [-0.2, -0.15) is 11.8 Å². The molecule has 0 aromatic carbocycles. The van der Waals surface area contributed by atoms with Crippen molar-refractivity contribution in [1.82, 2.24) is 5.32 Å². The SMILES string of the molecule is CCSCCCNCCCOCC1CC1. The average Bonchev–Trinajstić information content (AvgIpc) is 3.05. The highest BCUT2D eigenvalue weighted by Gasteiger charge is 2.20. The Labute approximate surface area is 98.5 Å². The Kier molecular flexibility index (Phi) is 8.44. The highest BCUT2D eigenvalue weighted by molar-refractivity contribution is 7.99. The molecule has 0 unspecified atom stereocenters. The first-order valence-corrected chi connectivity index (χ1v) is 7.45. The lowest BCUT2D eigenvalue weighted by atomic mass is 10.4. The Balaban J connectivity index is 1.62. The highest BCUT2D eigenvalue weighted by atomic mass is 32.2. The lowest BCUT2D eigenvalue weighted by Gasteiger charge is -2.05. The molecule has 1 N–H and O–H groups in total. The van der Waals surface area contributed by atoms with Crippen molar-refractivity contribution >= 4 is 11.8 Å². The van der Waals surface area contributed by atoms with Crippen molar-refractivity contribution in [3.63, 3.8) is 0 Å². The van der Waals surface area contributed by atoms with E-state index < -0.39 is 0 Å². The van der Waals surface area contributed by atoms with Crippen LogP contribution in [0.5, 0.6) is 0 Å². The standard InChI is InChI=1S/C12H25NOS/c1-2-15-10-4-8-13-7-3-9-14-11-12-5-6-12/h12-13H,2-11H2,1H3. The second-order valence-corrected chi connectivity index (χ2v) is 5.57. The van der Waals surface area contributed by atoms with E-state index in [0.29, 0.717) is 0 Å². The molecule has 1 rings (SSSR count). The monoisotopic (exact) mass is 231 g/mol. The van der Waals surface area contributed by atoms with Crippen LogP contribution < -0.4 is 5.32 Å². The Hall–Kier alpha value is 0.270. The minimum Gasteiger partial charge on any atom is -0.381 e. The van der Waals surface area contributed by atoms with E-state index >= 15 is 0 Å². The highest BCUT2D eigenvalue weighted by Crippen LogP contribution is 2.28. The molecule has 0 aliphatic heterocycles. The average molecular weight is 231 g/mol. The molecule has 3 heteroatoms. The molecule has 1 saturated carbocycles. The van der Waals surface area contributed by atoms with Crippen LogP contribution in [-0.4, -0.2) is 37.8 Å². The van der Waals surface area contributed by atoms with Gasteiger partial charge in [0, 0.05) is 13.2 Å². The predicted molar refractivity (Wildman–Crippen MR) is 68.6 cm³/mol. The summed E-state index contributed by atoms with van der Waals surface area (Å²) in [6.07, 6.45) is 5.25. The lowest BCUT2D eigenvalue weighted by Crippen LogP contribution is -2.18. The van der Waals surface area contributed by atoms with Crippen LogP contribution in [0.2, 0.25) is 0 Å². The molecule has 0 saturated heterocycles. The fourth-order valence-electron chi connectivity index (χ4n) is 1.40. The van der Waals surface area contributed by atoms with E-state index in [0.717, 1.165) is 38.6 Å². The summed E-state index contributed by atoms with van der Waals surface area (Å²) in [5.74, 6) is 3.44. The van der Waals surface area contributed by atoms with E-state index in [-0.39, 0.29) is 0 Å². The van der Waals surface area contributed by atoms with Crippen LogP contribution in [0, 0.1) is 5.92 Å². The van der Waals surface area contributed by atoms with E-state index in [9.17, 15) is 0 Å². The van der Waals surface area contributed by atoms with Gasteiger partial charge in [0.15, 0.2) is 0 Å². The summed E-state index contributed by atoms with van der Waals surface area (Å²) in [7, 11) is 0. The summed E-state index contributed by atoms with van der Waals surface area (Å²) in [6.45, 7) is 6.44. The van der Waals surface area contributed by atoms with Gasteiger partial charge in [-0.05, 0) is 56.2 Å². The predicted octanol–water partition coefficient (Wildman–Crippen LogP) is 2.54. The van der Waals surface area contributed by atoms with E-state index in [1.165, 1.54) is 30.8 Å². The Bertz CT molecular complexity index is 140. The molecule has 0 bridgehead atoms. The van der Waals surface area contributed by atoms with Crippen molar-refractivity contribution in [2.75, 3.05) is 37.8 Å². The minimum atomic E-state index is 0.907. The largest absolute Gasteiger partial charge is 0.381 e. The minimum absolute atomic E-state index is 0.907. The fourth-order valence-corrected chi connectivity index (χ4v) is 2.04. The van der Waals surface area contributed by atoms with Gasteiger partial charge in [-0.25, -0.2) is 0 Å². The molecule has 1 fully saturated rings. The molecule has 0 amide bonds. The summed E-state index contributed by atoms with van der Waals surface area (Å²) >= 11 is 2.03. The van der Waals surface area contributed by atoms with Gasteiger partial charge in [0.2, 0.25) is 0 Å². The van der Waals surface area contributed by atoms with E-state index in [1.807, 2.05) is 11.8 Å². The first-order valence-electron chi connectivity index (χ1n) is 6.29. The Morgan fingerprint density at radius 1 is 1.27 bits per heavy atom. The first kappa shape index (κ1) is 13.3. The van der Waals surface area contributed by atoms with Crippen molar-refractivity contribution in [3.8, 4) is 0 Å². The Morgan fingerprint density at radius 2 is 2.07 bits per heavy atom. The zero-order valence-electron chi connectivity index (χ0n) is 9.96. The maximum atomic E-state index is 5.56. The smallest absolute Gasteiger partial charge is 0.0494 e. The molecule has 0 radical (unpaired) electrons. The number of rotatable bonds is 11. The topological polar surface area (TPSA) is 21.3 Å². The fraction of sp³-hybridized carbons (Fsp3) is 1.00. The molecular weight excluding hydrogens is 206 g/mol. The van der Waals surface area contributed by atoms with Crippen LogP contribution in [0.15, 0.2) is 0 Å². The van der Waals surface area contributed by atoms with Gasteiger partial charge in [0.05, 0.1) is 0 Å². The summed E-state index contributed by atoms with van der Waals surface area (Å²) in [6, 6.07) is 0. The molecule has 1 aliphatic carbocycles. The molecule has 2 nitrogen and oxygen atoms in total. The van der Waals surface area contributed by atoms with Crippen LogP contribution in [0.1, 0.15) is 32.6 Å². The molecule has 0 aromatic heterocycles. The molecule has 0 atom stereocenters. The first-order chi connectivity index (χ1) is 7.43. The van der Waals surface area contributed by atoms with Crippen molar-refractivity contribution in [1.29, 1.82) is 0 Å². The molecule has 15 heavy (non-hydrogen) atoms. The molecule has 0 heterocycles. The van der Waals surface area contributed by atoms with Gasteiger partial charge in [-0.3, -0.25) is 0 Å². The van der Waals surface area contributed by atoms with Crippen LogP contribution in [-0.2, 0) is 4.74 Å². The van der Waals surface area contributed by atoms with E-state index in [4.69, 9.17) is 4.74 Å². The molecule has 0 spiro atoms. The summed E-state index contributed by atoms with van der Waals surface area (Å²) in [5, 5.41) is 3.45. The van der Waals surface area contributed by atoms with Gasteiger partial charge in [0.1, 0.15) is 0 Å². The second-order valence-electron chi connectivity index (χ2n) is 4.17. The summed E-state index contributed by atoms with van der Waals surface area (Å²) < 4.78 is 5.56. The maximum absolute atomic E-state index is 5.56. The number of nitrogens with one attached hydrogen (secondary N) is 1. The van der Waals surface area contributed by atoms with Gasteiger partial charge < -0.3 is 10.1 Å². The van der Waals surface area contributed by atoms with E-state index in [1.54, 1.807) is 0 Å². The third-order valence-corrected chi connectivity index (χ3v) is 3.52. The number of ether oxygens (including phenoxy) is 1. The Morgan fingerprint density at radius 3 is 2.80 bits per heavy atom. The quantitative estimate of drug-likeness (QED) is 0.552. The van der Waals surface area contributed by atoms with Crippen LogP contribution in [0.3, 0.4) is 0 Å². The summed E-state index contributed by atoms with van der Waals surface area (Å²) in [5.41, 5.74) is 0. The van der Waals surface area contributed by atoms with Crippen molar-refractivity contribution < 1.29 is 4.74 Å². The molecule has 90 valence electrons. The zero-order valence-corrected chi connectivity index (χ0v) is 10.8. The molecular formula is C12H25NOS. The van der Waals surface area contributed by atoms with Crippen LogP contribution in [0.25, 0.3) is 0 Å². The number of thioether (sulfide) groups is 1. The third kappa shape index (κ3) is 9.21. The van der Waals surface area contributed by atoms with Crippen LogP contribution >= 0.6 is 11.8 Å². The number of hydrogen-bond acceptors (Lipinski definition) is 3. The van der Waals surface area contributed by atoms with Crippen molar-refractivity contribution in [2.45, 2.75) is 32.6 Å². The van der Waals surface area contributed by atoms with Gasteiger partial charge in [0.25, 0.3) is 0 Å². The lowest BCUT2D eigenvalue weighted by molar-refractivity contribution is 0.122. The van der Waals surface area contributed by atoms with E-state index in [2.05, 4.69) is 12.2 Å². The third-order valence-electron chi connectivity index (χ3n) is 2.54. The van der Waals surface area contributed by atoms with Crippen molar-refractivity contribution in [2.24, 2.45) is 5.92 Å². The zero-order chi connectivity index (χ0) is 10.8. The summed E-state index contributed by atoms with van der Waals surface area (Å²) in [4.78, 5) is 0. The van der Waals surface area contributed by atoms with Crippen molar-refractivity contribution in [3.05, 3.63) is 0 Å². The molecule has 0 aromatic rings. The van der Waals surface area contributed by atoms with Crippen LogP contribution in [0.4, 0.5) is 0 Å². The second kappa shape index (κ2) is 9.49.